The summed E-state index contributed by atoms with van der Waals surface area (Å²) in [6.45, 7) is 0.419. The van der Waals surface area contributed by atoms with Crippen LogP contribution in [0.25, 0.3) is 0 Å². The van der Waals surface area contributed by atoms with Crippen molar-refractivity contribution in [3.8, 4) is 0 Å². The highest BCUT2D eigenvalue weighted by molar-refractivity contribution is 7.99. The molecule has 0 radical (unpaired) electrons. The molecule has 1 N–H and O–H groups in total. The van der Waals surface area contributed by atoms with Crippen molar-refractivity contribution in [2.24, 2.45) is 0 Å². The normalized spacial score (nSPS) is 19.2. The van der Waals surface area contributed by atoms with Crippen LogP contribution in [-0.4, -0.2) is 40.1 Å². The second-order valence-corrected chi connectivity index (χ2v) is 5.20. The maximum absolute atomic E-state index is 13.4. The molecule has 0 saturated carbocycles. The van der Waals surface area contributed by atoms with Gasteiger partial charge in [-0.05, 0) is 6.07 Å². The number of rotatable bonds is 3. The molecule has 0 spiro atoms. The molecule has 1 atom stereocenters. The third kappa shape index (κ3) is 2.95. The minimum Gasteiger partial charge on any atom is -0.480 e. The minimum absolute atomic E-state index is 0.236. The van der Waals surface area contributed by atoms with Crippen molar-refractivity contribution >= 4 is 29.1 Å². The zero-order chi connectivity index (χ0) is 14.0. The van der Waals surface area contributed by atoms with Gasteiger partial charge >= 0.3 is 5.97 Å². The predicted molar refractivity (Wildman–Crippen MR) is 69.1 cm³/mol. The van der Waals surface area contributed by atoms with Crippen LogP contribution >= 0.6 is 11.8 Å². The number of halogens is 1. The third-order valence-corrected chi connectivity index (χ3v) is 3.85. The number of carboxylic acids is 1. The molecule has 1 aromatic carbocycles. The zero-order valence-electron chi connectivity index (χ0n) is 9.78. The Hall–Kier alpha value is -1.83. The summed E-state index contributed by atoms with van der Waals surface area (Å²) in [6.07, 6.45) is 0. The van der Waals surface area contributed by atoms with Gasteiger partial charge in [-0.1, -0.05) is 0 Å². The van der Waals surface area contributed by atoms with Gasteiger partial charge in [0.15, 0.2) is 0 Å². The fourth-order valence-corrected chi connectivity index (χ4v) is 2.99. The highest BCUT2D eigenvalue weighted by atomic mass is 32.2. The molecule has 0 bridgehead atoms. The van der Waals surface area contributed by atoms with E-state index in [1.807, 2.05) is 0 Å². The van der Waals surface area contributed by atoms with Crippen molar-refractivity contribution in [1.82, 2.24) is 0 Å². The van der Waals surface area contributed by atoms with E-state index in [0.29, 0.717) is 18.1 Å². The molecule has 1 saturated heterocycles. The average molecular weight is 286 g/mol. The maximum Gasteiger partial charge on any atom is 0.327 e. The van der Waals surface area contributed by atoms with E-state index in [0.717, 1.165) is 12.1 Å². The number of hydrogen-bond acceptors (Lipinski definition) is 5. The van der Waals surface area contributed by atoms with Crippen LogP contribution in [0.3, 0.4) is 0 Å². The molecule has 1 aliphatic heterocycles. The van der Waals surface area contributed by atoms with E-state index in [4.69, 9.17) is 5.11 Å². The molecule has 8 heteroatoms. The molecule has 0 aromatic heterocycles. The fourth-order valence-electron chi connectivity index (χ4n) is 1.95. The number of aliphatic carboxylic acids is 1. The number of carboxylic acid groups (broad SMARTS) is 1. The Labute approximate surface area is 112 Å². The Bertz CT molecular complexity index is 525. The van der Waals surface area contributed by atoms with Gasteiger partial charge in [-0.2, -0.15) is 11.8 Å². The Morgan fingerprint density at radius 1 is 1.53 bits per heavy atom. The number of anilines is 1. The number of nitro benzene ring substituents is 1. The molecule has 102 valence electrons. The summed E-state index contributed by atoms with van der Waals surface area (Å²) in [5.41, 5.74) is -0.142. The number of benzene rings is 1. The Kier molecular flexibility index (Phi) is 3.89. The number of hydrogen-bond donors (Lipinski definition) is 1. The second-order valence-electron chi connectivity index (χ2n) is 4.05. The van der Waals surface area contributed by atoms with E-state index in [-0.39, 0.29) is 11.4 Å². The van der Waals surface area contributed by atoms with Crippen LogP contribution in [0.4, 0.5) is 15.8 Å². The first-order chi connectivity index (χ1) is 8.99. The van der Waals surface area contributed by atoms with E-state index in [9.17, 15) is 19.3 Å². The monoisotopic (exact) mass is 286 g/mol. The summed E-state index contributed by atoms with van der Waals surface area (Å²) >= 11 is 1.49. The van der Waals surface area contributed by atoms with Crippen LogP contribution in [0.15, 0.2) is 18.2 Å². The number of non-ortho nitro benzene ring substituents is 1. The molecule has 6 nitrogen and oxygen atoms in total. The van der Waals surface area contributed by atoms with Crippen molar-refractivity contribution in [1.29, 1.82) is 0 Å². The molecular formula is C11H11FN2O4S. The molecular weight excluding hydrogens is 275 g/mol. The quantitative estimate of drug-likeness (QED) is 0.673. The smallest absolute Gasteiger partial charge is 0.327 e. The predicted octanol–water partition coefficient (Wildman–Crippen LogP) is 1.74. The van der Waals surface area contributed by atoms with Crippen LogP contribution in [-0.2, 0) is 4.79 Å². The van der Waals surface area contributed by atoms with Gasteiger partial charge in [0.2, 0.25) is 0 Å². The molecule has 2 rings (SSSR count). The lowest BCUT2D eigenvalue weighted by Gasteiger charge is -2.34. The van der Waals surface area contributed by atoms with Gasteiger partial charge < -0.3 is 10.0 Å². The van der Waals surface area contributed by atoms with Crippen molar-refractivity contribution in [3.05, 3.63) is 34.1 Å². The number of nitrogens with zero attached hydrogens (tertiary/aromatic N) is 2. The molecule has 0 aliphatic carbocycles. The number of nitro groups is 1. The number of carbonyl (C=O) groups is 1. The summed E-state index contributed by atoms with van der Waals surface area (Å²) in [5.74, 6) is -0.682. The van der Waals surface area contributed by atoms with E-state index >= 15 is 0 Å². The molecule has 1 aromatic rings. The SMILES string of the molecule is O=C(O)C1CSCCN1c1cc(F)cc([N+](=O)[O-])c1. The Balaban J connectivity index is 2.38. The lowest BCUT2D eigenvalue weighted by molar-refractivity contribution is -0.385. The van der Waals surface area contributed by atoms with Gasteiger partial charge in [0.1, 0.15) is 11.9 Å². The van der Waals surface area contributed by atoms with Crippen LogP contribution in [0.5, 0.6) is 0 Å². The third-order valence-electron chi connectivity index (χ3n) is 2.82. The first kappa shape index (κ1) is 13.6. The highest BCUT2D eigenvalue weighted by Gasteiger charge is 2.30. The summed E-state index contributed by atoms with van der Waals surface area (Å²) in [6, 6.07) is 2.35. The van der Waals surface area contributed by atoms with Crippen molar-refractivity contribution in [3.63, 3.8) is 0 Å². The van der Waals surface area contributed by atoms with E-state index in [2.05, 4.69) is 0 Å². The van der Waals surface area contributed by atoms with Crippen molar-refractivity contribution in [2.75, 3.05) is 23.0 Å². The molecule has 19 heavy (non-hydrogen) atoms. The topological polar surface area (TPSA) is 83.7 Å². The molecule has 1 heterocycles. The van der Waals surface area contributed by atoms with Crippen molar-refractivity contribution in [2.45, 2.75) is 6.04 Å². The lowest BCUT2D eigenvalue weighted by Crippen LogP contribution is -2.47. The van der Waals surface area contributed by atoms with E-state index < -0.39 is 22.8 Å². The zero-order valence-corrected chi connectivity index (χ0v) is 10.6. The van der Waals surface area contributed by atoms with Crippen LogP contribution < -0.4 is 4.90 Å². The van der Waals surface area contributed by atoms with Gasteiger partial charge in [0.25, 0.3) is 5.69 Å². The van der Waals surface area contributed by atoms with E-state index in [1.165, 1.54) is 22.7 Å². The average Bonchev–Trinajstić information content (AvgIpc) is 2.37. The summed E-state index contributed by atoms with van der Waals surface area (Å²) in [5, 5.41) is 19.8. The van der Waals surface area contributed by atoms with Gasteiger partial charge in [-0.15, -0.1) is 0 Å². The summed E-state index contributed by atoms with van der Waals surface area (Å²) in [7, 11) is 0. The summed E-state index contributed by atoms with van der Waals surface area (Å²) < 4.78 is 13.4. The Morgan fingerprint density at radius 3 is 2.89 bits per heavy atom. The van der Waals surface area contributed by atoms with Gasteiger partial charge in [-0.25, -0.2) is 9.18 Å². The summed E-state index contributed by atoms with van der Waals surface area (Å²) in [4.78, 5) is 22.7. The second kappa shape index (κ2) is 5.43. The lowest BCUT2D eigenvalue weighted by atomic mass is 10.2. The molecule has 0 amide bonds. The molecule has 1 unspecified atom stereocenters. The van der Waals surface area contributed by atoms with Crippen LogP contribution in [0.1, 0.15) is 0 Å². The van der Waals surface area contributed by atoms with Crippen LogP contribution in [0, 0.1) is 15.9 Å². The highest BCUT2D eigenvalue weighted by Crippen LogP contribution is 2.28. The molecule has 1 fully saturated rings. The van der Waals surface area contributed by atoms with Gasteiger partial charge in [0, 0.05) is 29.8 Å². The van der Waals surface area contributed by atoms with Gasteiger partial charge in [-0.3, -0.25) is 10.1 Å². The van der Waals surface area contributed by atoms with Gasteiger partial charge in [0.05, 0.1) is 11.0 Å². The van der Waals surface area contributed by atoms with Crippen LogP contribution in [0.2, 0.25) is 0 Å². The Morgan fingerprint density at radius 2 is 2.26 bits per heavy atom. The fraction of sp³-hybridized carbons (Fsp3) is 0.364. The molecule has 1 aliphatic rings. The largest absolute Gasteiger partial charge is 0.480 e. The first-order valence-corrected chi connectivity index (χ1v) is 6.66. The standard InChI is InChI=1S/C11H11FN2O4S/c12-7-3-8(5-9(4-7)14(17)18)13-1-2-19-6-10(13)11(15)16/h3-5,10H,1-2,6H2,(H,15,16). The number of thioether (sulfide) groups is 1. The van der Waals surface area contributed by atoms with E-state index in [1.54, 1.807) is 0 Å². The van der Waals surface area contributed by atoms with Crippen molar-refractivity contribution < 1.29 is 19.2 Å². The minimum atomic E-state index is -1.01. The maximum atomic E-state index is 13.4. The first-order valence-electron chi connectivity index (χ1n) is 5.51.